The second-order valence-electron chi connectivity index (χ2n) is 4.46. The Kier molecular flexibility index (Phi) is 4.49. The average Bonchev–Trinajstić information content (AvgIpc) is 2.46. The van der Waals surface area contributed by atoms with E-state index in [1.165, 1.54) is 29.2 Å². The van der Waals surface area contributed by atoms with Crippen molar-refractivity contribution in [3.05, 3.63) is 63.9 Å². The molecule has 0 bridgehead atoms. The minimum atomic E-state index is -0.454. The molecule has 0 amide bonds. The molecule has 0 atom stereocenters. The van der Waals surface area contributed by atoms with Gasteiger partial charge in [0, 0.05) is 38.6 Å². The summed E-state index contributed by atoms with van der Waals surface area (Å²) in [5.74, 6) is -0.454. The van der Waals surface area contributed by atoms with E-state index >= 15 is 0 Å². The van der Waals surface area contributed by atoms with Gasteiger partial charge in [-0.05, 0) is 12.1 Å². The van der Waals surface area contributed by atoms with E-state index in [9.17, 15) is 9.59 Å². The van der Waals surface area contributed by atoms with Gasteiger partial charge in [0.05, 0.1) is 11.9 Å². The third kappa shape index (κ3) is 3.76. The zero-order chi connectivity index (χ0) is 15.4. The van der Waals surface area contributed by atoms with Crippen molar-refractivity contribution < 1.29 is 4.79 Å². The van der Waals surface area contributed by atoms with Gasteiger partial charge in [-0.25, -0.2) is 9.67 Å². The first-order valence-corrected chi connectivity index (χ1v) is 6.46. The van der Waals surface area contributed by atoms with Crippen LogP contribution in [-0.2, 0) is 0 Å². The number of hydrogen-bond donors (Lipinski definition) is 0. The van der Waals surface area contributed by atoms with Crippen molar-refractivity contribution in [1.82, 2.24) is 19.7 Å². The molecule has 108 valence electrons. The Morgan fingerprint density at radius 3 is 2.71 bits per heavy atom. The number of halogens is 1. The highest BCUT2D eigenvalue weighted by molar-refractivity contribution is 6.29. The number of pyridine rings is 1. The smallest absolute Gasteiger partial charge is 0.211 e. The lowest BCUT2D eigenvalue weighted by molar-refractivity contribution is 0.103. The van der Waals surface area contributed by atoms with Gasteiger partial charge in [-0.15, -0.1) is 0 Å². The molecule has 0 aliphatic rings. The van der Waals surface area contributed by atoms with E-state index in [1.807, 2.05) is 0 Å². The molecule has 0 saturated heterocycles. The molecule has 6 nitrogen and oxygen atoms in total. The van der Waals surface area contributed by atoms with Crippen LogP contribution >= 0.6 is 11.6 Å². The van der Waals surface area contributed by atoms with Gasteiger partial charge in [-0.3, -0.25) is 9.59 Å². The fraction of sp³-hybridized carbons (Fsp3) is 0.143. The molecule has 0 N–H and O–H groups in total. The first kappa shape index (κ1) is 14.9. The van der Waals surface area contributed by atoms with E-state index in [4.69, 9.17) is 11.6 Å². The van der Waals surface area contributed by atoms with E-state index in [1.54, 1.807) is 37.3 Å². The van der Waals surface area contributed by atoms with Crippen molar-refractivity contribution in [2.24, 2.45) is 0 Å². The summed E-state index contributed by atoms with van der Waals surface area (Å²) in [5.41, 5.74) is 0.0252. The summed E-state index contributed by atoms with van der Waals surface area (Å²) < 4.78 is 1.40. The first-order chi connectivity index (χ1) is 9.97. The van der Waals surface area contributed by atoms with Crippen molar-refractivity contribution >= 4 is 17.4 Å². The predicted molar refractivity (Wildman–Crippen MR) is 79.8 cm³/mol. The summed E-state index contributed by atoms with van der Waals surface area (Å²) in [6.45, 7) is 0. The van der Waals surface area contributed by atoms with Crippen LogP contribution in [0.3, 0.4) is 0 Å². The van der Waals surface area contributed by atoms with Crippen LogP contribution in [0.15, 0.2) is 47.7 Å². The molecule has 0 fully saturated rings. The maximum absolute atomic E-state index is 12.0. The van der Waals surface area contributed by atoms with Gasteiger partial charge < -0.3 is 4.90 Å². The molecule has 0 saturated carbocycles. The highest BCUT2D eigenvalue weighted by Crippen LogP contribution is 2.08. The standard InChI is InChI=1S/C14H13ClN4O2/c1-18(2)7-5-11(20)14-12(21)6-8-19(17-14)10-3-4-13(15)16-9-10/h3-9H,1-2H3/b7-5+. The fourth-order valence-electron chi connectivity index (χ4n) is 1.52. The summed E-state index contributed by atoms with van der Waals surface area (Å²) in [4.78, 5) is 29.4. The maximum Gasteiger partial charge on any atom is 0.211 e. The third-order valence-electron chi connectivity index (χ3n) is 2.54. The van der Waals surface area contributed by atoms with E-state index in [2.05, 4.69) is 10.1 Å². The first-order valence-electron chi connectivity index (χ1n) is 6.08. The largest absolute Gasteiger partial charge is 0.383 e. The minimum absolute atomic E-state index is 0.148. The molecule has 2 aromatic heterocycles. The van der Waals surface area contributed by atoms with Crippen LogP contribution in [0.25, 0.3) is 5.69 Å². The Morgan fingerprint density at radius 1 is 1.33 bits per heavy atom. The molecule has 2 aromatic rings. The molecule has 21 heavy (non-hydrogen) atoms. The van der Waals surface area contributed by atoms with E-state index in [0.29, 0.717) is 10.8 Å². The number of allylic oxidation sites excluding steroid dienone is 1. The van der Waals surface area contributed by atoms with Crippen molar-refractivity contribution in [3.63, 3.8) is 0 Å². The molecule has 2 rings (SSSR count). The SMILES string of the molecule is CN(C)/C=C/C(=O)c1nn(-c2ccc(Cl)nc2)ccc1=O. The zero-order valence-electron chi connectivity index (χ0n) is 11.5. The van der Waals surface area contributed by atoms with Gasteiger partial charge in [-0.1, -0.05) is 11.6 Å². The summed E-state index contributed by atoms with van der Waals surface area (Å²) in [6, 6.07) is 4.58. The number of rotatable bonds is 4. The maximum atomic E-state index is 12.0. The van der Waals surface area contributed by atoms with Gasteiger partial charge in [0.15, 0.2) is 5.69 Å². The van der Waals surface area contributed by atoms with Crippen LogP contribution in [0.5, 0.6) is 0 Å². The second kappa shape index (κ2) is 6.32. The minimum Gasteiger partial charge on any atom is -0.383 e. The highest BCUT2D eigenvalue weighted by Gasteiger charge is 2.10. The molecule has 2 heterocycles. The quantitative estimate of drug-likeness (QED) is 0.487. The molecule has 0 radical (unpaired) electrons. The van der Waals surface area contributed by atoms with E-state index in [-0.39, 0.29) is 5.69 Å². The van der Waals surface area contributed by atoms with Crippen molar-refractivity contribution in [2.75, 3.05) is 14.1 Å². The second-order valence-corrected chi connectivity index (χ2v) is 4.84. The number of aromatic nitrogens is 3. The number of carbonyl (C=O) groups excluding carboxylic acids is 1. The van der Waals surface area contributed by atoms with Gasteiger partial charge in [0.1, 0.15) is 5.15 Å². The monoisotopic (exact) mass is 304 g/mol. The van der Waals surface area contributed by atoms with Crippen LogP contribution < -0.4 is 5.43 Å². The van der Waals surface area contributed by atoms with E-state index < -0.39 is 11.2 Å². The lowest BCUT2D eigenvalue weighted by Crippen LogP contribution is -2.20. The molecular weight excluding hydrogens is 292 g/mol. The predicted octanol–water partition coefficient (Wildman–Crippen LogP) is 1.54. The Balaban J connectivity index is 2.40. The summed E-state index contributed by atoms with van der Waals surface area (Å²) in [7, 11) is 3.56. The lowest BCUT2D eigenvalue weighted by Gasteiger charge is -2.06. The molecule has 0 aliphatic carbocycles. The van der Waals surface area contributed by atoms with Crippen molar-refractivity contribution in [3.8, 4) is 5.69 Å². The Labute approximate surface area is 126 Å². The van der Waals surface area contributed by atoms with Crippen LogP contribution in [0.1, 0.15) is 10.5 Å². The third-order valence-corrected chi connectivity index (χ3v) is 2.77. The van der Waals surface area contributed by atoms with Crippen LogP contribution in [0, 0.1) is 0 Å². The number of ketones is 1. The van der Waals surface area contributed by atoms with Crippen molar-refractivity contribution in [1.29, 1.82) is 0 Å². The Hall–Kier alpha value is -2.47. The summed E-state index contributed by atoms with van der Waals surface area (Å²) in [5, 5.41) is 4.40. The van der Waals surface area contributed by atoms with Gasteiger partial charge >= 0.3 is 0 Å². The van der Waals surface area contributed by atoms with Crippen LogP contribution in [-0.4, -0.2) is 39.5 Å². The molecule has 0 aliphatic heterocycles. The summed E-state index contributed by atoms with van der Waals surface area (Å²) in [6.07, 6.45) is 5.84. The summed E-state index contributed by atoms with van der Waals surface area (Å²) >= 11 is 5.72. The molecule has 7 heteroatoms. The number of nitrogens with zero attached hydrogens (tertiary/aromatic N) is 4. The number of carbonyl (C=O) groups is 1. The Morgan fingerprint density at radius 2 is 2.10 bits per heavy atom. The van der Waals surface area contributed by atoms with Gasteiger partial charge in [0.2, 0.25) is 11.2 Å². The average molecular weight is 305 g/mol. The normalized spacial score (nSPS) is 10.8. The fourth-order valence-corrected chi connectivity index (χ4v) is 1.63. The zero-order valence-corrected chi connectivity index (χ0v) is 12.3. The van der Waals surface area contributed by atoms with Crippen LogP contribution in [0.4, 0.5) is 0 Å². The molecule has 0 spiro atoms. The van der Waals surface area contributed by atoms with Gasteiger partial charge in [0.25, 0.3) is 0 Å². The Bertz CT molecular complexity index is 735. The topological polar surface area (TPSA) is 68.1 Å². The lowest BCUT2D eigenvalue weighted by atomic mass is 10.2. The van der Waals surface area contributed by atoms with Crippen LogP contribution in [0.2, 0.25) is 5.15 Å². The molecule has 0 aromatic carbocycles. The molecular formula is C14H13ClN4O2. The van der Waals surface area contributed by atoms with Gasteiger partial charge in [-0.2, -0.15) is 5.10 Å². The van der Waals surface area contributed by atoms with Crippen molar-refractivity contribution in [2.45, 2.75) is 0 Å². The molecule has 0 unspecified atom stereocenters. The van der Waals surface area contributed by atoms with E-state index in [0.717, 1.165) is 0 Å². The highest BCUT2D eigenvalue weighted by atomic mass is 35.5. The number of hydrogen-bond acceptors (Lipinski definition) is 5.